The molecule has 0 radical (unpaired) electrons. The van der Waals surface area contributed by atoms with Crippen LogP contribution < -0.4 is 5.56 Å². The van der Waals surface area contributed by atoms with Gasteiger partial charge in [0.2, 0.25) is 12.2 Å². The monoisotopic (exact) mass is 520 g/mol. The van der Waals surface area contributed by atoms with E-state index >= 15 is 0 Å². The van der Waals surface area contributed by atoms with Gasteiger partial charge in [0.15, 0.2) is 11.6 Å². The molecule has 4 rings (SSSR count). The van der Waals surface area contributed by atoms with Gasteiger partial charge in [-0.25, -0.2) is 8.78 Å². The minimum Gasteiger partial charge on any atom is -0.386 e. The lowest BCUT2D eigenvalue weighted by Crippen LogP contribution is -2.33. The first-order chi connectivity index (χ1) is 17.6. The molecule has 6 nitrogen and oxygen atoms in total. The predicted molar refractivity (Wildman–Crippen MR) is 127 cm³/mol. The van der Waals surface area contributed by atoms with Gasteiger partial charge in [0.25, 0.3) is 0 Å². The zero-order chi connectivity index (χ0) is 26.6. The van der Waals surface area contributed by atoms with E-state index in [4.69, 9.17) is 0 Å². The van der Waals surface area contributed by atoms with Crippen LogP contribution in [-0.2, 0) is 18.4 Å². The summed E-state index contributed by atoms with van der Waals surface area (Å²) >= 11 is 0. The molecule has 0 aliphatic carbocycles. The van der Waals surface area contributed by atoms with E-state index < -0.39 is 24.4 Å². The second-order valence-electron chi connectivity index (χ2n) is 8.96. The topological polar surface area (TPSA) is 59.7 Å². The van der Waals surface area contributed by atoms with Crippen LogP contribution in [0.2, 0.25) is 0 Å². The smallest absolute Gasteiger partial charge is 0.386 e. The van der Waals surface area contributed by atoms with Gasteiger partial charge in [-0.05, 0) is 67.7 Å². The number of likely N-dealkylation sites (tertiary alicyclic amines) is 1. The molecule has 3 heterocycles. The third-order valence-corrected chi connectivity index (χ3v) is 6.23. The lowest BCUT2D eigenvalue weighted by atomic mass is 9.90. The zero-order valence-corrected chi connectivity index (χ0v) is 20.0. The standard InChI is InChI=1S/C26H25F5N4O2/c1-34-14-20(4-7-24(34)36)17-8-10-35(11-9-17)15-21-5-2-19(13-32-21)25(33-37-16-26(29,30)31)18-3-6-22(27)23(28)12-18/h2-7,12-14,17H,8-11,15-16H2,1H3/b33-25+. The van der Waals surface area contributed by atoms with Crippen LogP contribution in [0.25, 0.3) is 0 Å². The SMILES string of the molecule is Cn1cc(C2CCN(Cc3ccc(/C(=N/OCC(F)(F)F)c4ccc(F)c(F)c4)cn3)CC2)ccc1=O. The highest BCUT2D eigenvalue weighted by molar-refractivity contribution is 6.12. The molecular weight excluding hydrogens is 495 g/mol. The first kappa shape index (κ1) is 26.5. The number of nitrogens with zero attached hydrogens (tertiary/aromatic N) is 4. The van der Waals surface area contributed by atoms with E-state index in [9.17, 15) is 26.7 Å². The van der Waals surface area contributed by atoms with Gasteiger partial charge in [-0.1, -0.05) is 11.2 Å². The Hall–Kier alpha value is -3.60. The van der Waals surface area contributed by atoms with Crippen molar-refractivity contribution in [3.63, 3.8) is 0 Å². The van der Waals surface area contributed by atoms with Crippen LogP contribution in [0.15, 0.2) is 64.8 Å². The van der Waals surface area contributed by atoms with Crippen molar-refractivity contribution in [2.24, 2.45) is 12.2 Å². The average Bonchev–Trinajstić information content (AvgIpc) is 2.86. The van der Waals surface area contributed by atoms with Gasteiger partial charge in [0, 0.05) is 43.2 Å². The largest absolute Gasteiger partial charge is 0.425 e. The molecule has 0 amide bonds. The van der Waals surface area contributed by atoms with E-state index in [-0.39, 0.29) is 16.8 Å². The van der Waals surface area contributed by atoms with Crippen molar-refractivity contribution in [3.05, 3.63) is 99.2 Å². The molecule has 0 spiro atoms. The van der Waals surface area contributed by atoms with Crippen molar-refractivity contribution >= 4 is 5.71 Å². The molecular formula is C26H25F5N4O2. The number of oxime groups is 1. The highest BCUT2D eigenvalue weighted by Crippen LogP contribution is 2.28. The van der Waals surface area contributed by atoms with Crippen LogP contribution in [-0.4, -0.2) is 46.0 Å². The van der Waals surface area contributed by atoms with Crippen LogP contribution >= 0.6 is 0 Å². The summed E-state index contributed by atoms with van der Waals surface area (Å²) in [5.41, 5.74) is 2.09. The van der Waals surface area contributed by atoms with Crippen molar-refractivity contribution in [2.75, 3.05) is 19.7 Å². The van der Waals surface area contributed by atoms with Crippen LogP contribution in [0.4, 0.5) is 22.0 Å². The molecule has 0 atom stereocenters. The van der Waals surface area contributed by atoms with Crippen LogP contribution in [0.5, 0.6) is 0 Å². The summed E-state index contributed by atoms with van der Waals surface area (Å²) in [6.07, 6.45) is 0.562. The third-order valence-electron chi connectivity index (χ3n) is 6.23. The molecule has 1 saturated heterocycles. The molecule has 0 saturated carbocycles. The lowest BCUT2D eigenvalue weighted by molar-refractivity contribution is -0.173. The molecule has 0 unspecified atom stereocenters. The summed E-state index contributed by atoms with van der Waals surface area (Å²) in [5, 5.41) is 3.55. The van der Waals surface area contributed by atoms with E-state index in [1.54, 1.807) is 29.8 Å². The summed E-state index contributed by atoms with van der Waals surface area (Å²) in [7, 11) is 1.74. The Bertz CT molecular complexity index is 1310. The average molecular weight is 521 g/mol. The molecule has 11 heteroatoms. The molecule has 0 bridgehead atoms. The van der Waals surface area contributed by atoms with E-state index in [0.29, 0.717) is 18.0 Å². The fraction of sp³-hybridized carbons (Fsp3) is 0.346. The van der Waals surface area contributed by atoms with Crippen molar-refractivity contribution in [1.82, 2.24) is 14.5 Å². The molecule has 1 aliphatic heterocycles. The second kappa shape index (κ2) is 11.2. The molecule has 37 heavy (non-hydrogen) atoms. The van der Waals surface area contributed by atoms with Crippen molar-refractivity contribution < 1.29 is 26.8 Å². The summed E-state index contributed by atoms with van der Waals surface area (Å²) in [4.78, 5) is 22.7. The number of hydrogen-bond donors (Lipinski definition) is 0. The van der Waals surface area contributed by atoms with Gasteiger partial charge in [0.1, 0.15) is 5.71 Å². The Kier molecular flexibility index (Phi) is 8.01. The van der Waals surface area contributed by atoms with Gasteiger partial charge >= 0.3 is 6.18 Å². The van der Waals surface area contributed by atoms with Gasteiger partial charge in [0.05, 0.1) is 5.69 Å². The minimum absolute atomic E-state index is 0.0413. The lowest BCUT2D eigenvalue weighted by Gasteiger charge is -2.32. The van der Waals surface area contributed by atoms with Crippen LogP contribution in [0, 0.1) is 11.6 Å². The van der Waals surface area contributed by atoms with E-state index in [1.807, 2.05) is 12.3 Å². The van der Waals surface area contributed by atoms with Gasteiger partial charge in [-0.15, -0.1) is 0 Å². The number of alkyl halides is 3. The normalized spacial score (nSPS) is 15.7. The minimum atomic E-state index is -4.60. The molecule has 196 valence electrons. The van der Waals surface area contributed by atoms with Gasteiger partial charge < -0.3 is 9.40 Å². The number of hydrogen-bond acceptors (Lipinski definition) is 5. The molecule has 1 aromatic carbocycles. The van der Waals surface area contributed by atoms with Crippen molar-refractivity contribution in [1.29, 1.82) is 0 Å². The maximum Gasteiger partial charge on any atom is 0.425 e. The first-order valence-electron chi connectivity index (χ1n) is 11.7. The highest BCUT2D eigenvalue weighted by Gasteiger charge is 2.29. The third kappa shape index (κ3) is 7.00. The van der Waals surface area contributed by atoms with Crippen molar-refractivity contribution in [3.8, 4) is 0 Å². The summed E-state index contributed by atoms with van der Waals surface area (Å²) < 4.78 is 66.3. The van der Waals surface area contributed by atoms with Crippen molar-refractivity contribution in [2.45, 2.75) is 31.5 Å². The second-order valence-corrected chi connectivity index (χ2v) is 8.96. The van der Waals surface area contributed by atoms with E-state index in [1.165, 1.54) is 12.3 Å². The molecule has 0 N–H and O–H groups in total. The summed E-state index contributed by atoms with van der Waals surface area (Å²) in [6, 6.07) is 9.70. The Morgan fingerprint density at radius 3 is 2.41 bits per heavy atom. The Labute approximate surface area is 210 Å². The van der Waals surface area contributed by atoms with Crippen LogP contribution in [0.1, 0.15) is 41.1 Å². The maximum absolute atomic E-state index is 13.8. The van der Waals surface area contributed by atoms with Gasteiger partial charge in [-0.3, -0.25) is 14.7 Å². The number of rotatable bonds is 7. The maximum atomic E-state index is 13.8. The molecule has 2 aromatic heterocycles. The van der Waals surface area contributed by atoms with E-state index in [2.05, 4.69) is 19.9 Å². The van der Waals surface area contributed by atoms with Crippen LogP contribution in [0.3, 0.4) is 0 Å². The fourth-order valence-electron chi connectivity index (χ4n) is 4.25. The number of piperidine rings is 1. The Morgan fingerprint density at radius 1 is 1.05 bits per heavy atom. The fourth-order valence-corrected chi connectivity index (χ4v) is 4.25. The predicted octanol–water partition coefficient (Wildman–Crippen LogP) is 4.77. The van der Waals surface area contributed by atoms with E-state index in [0.717, 1.165) is 49.3 Å². The summed E-state index contributed by atoms with van der Waals surface area (Å²) in [5.74, 6) is -1.88. The highest BCUT2D eigenvalue weighted by atomic mass is 19.4. The first-order valence-corrected chi connectivity index (χ1v) is 11.7. The van der Waals surface area contributed by atoms with Gasteiger partial charge in [-0.2, -0.15) is 13.2 Å². The number of benzene rings is 1. The summed E-state index contributed by atoms with van der Waals surface area (Å²) in [6.45, 7) is 0.622. The quantitative estimate of drug-likeness (QED) is 0.256. The number of pyridine rings is 2. The number of halogens is 5. The Morgan fingerprint density at radius 2 is 1.78 bits per heavy atom. The Balaban J connectivity index is 1.43. The molecule has 1 fully saturated rings. The molecule has 3 aromatic rings. The zero-order valence-electron chi connectivity index (χ0n) is 20.0. The number of aryl methyl sites for hydroxylation is 1. The molecule has 1 aliphatic rings. The number of aromatic nitrogens is 2.